The molecule has 3 aromatic carbocycles. The molecular formula is C37H47N7. The van der Waals surface area contributed by atoms with Crippen LogP contribution >= 0.6 is 0 Å². The highest BCUT2D eigenvalue weighted by Crippen LogP contribution is 2.48. The third-order valence-electron chi connectivity index (χ3n) is 9.84. The SMILES string of the molecule is CCCC[C@H](N)c1nc2ccc(C3CCC(c4ccc5nc(C6CCCN6)[nH]c5c4)N3c3ccc(C(C)(C)C)cc3)cc2[nH]1. The Morgan fingerprint density at radius 1 is 0.864 bits per heavy atom. The van der Waals surface area contributed by atoms with Crippen LogP contribution in [0.25, 0.3) is 22.1 Å². The zero-order valence-electron chi connectivity index (χ0n) is 26.7. The minimum Gasteiger partial charge on any atom is -0.357 e. The van der Waals surface area contributed by atoms with E-state index in [0.717, 1.165) is 78.8 Å². The summed E-state index contributed by atoms with van der Waals surface area (Å²) >= 11 is 0. The molecular weight excluding hydrogens is 542 g/mol. The number of H-pyrrole nitrogens is 2. The van der Waals surface area contributed by atoms with Crippen LogP contribution < -0.4 is 16.0 Å². The molecule has 2 aromatic heterocycles. The lowest BCUT2D eigenvalue weighted by Crippen LogP contribution is -2.26. The maximum Gasteiger partial charge on any atom is 0.124 e. The van der Waals surface area contributed by atoms with Crippen molar-refractivity contribution >= 4 is 27.8 Å². The molecule has 7 nitrogen and oxygen atoms in total. The van der Waals surface area contributed by atoms with E-state index in [9.17, 15) is 0 Å². The molecule has 2 saturated heterocycles. The molecule has 0 saturated carbocycles. The number of hydrogen-bond acceptors (Lipinski definition) is 5. The van der Waals surface area contributed by atoms with E-state index in [2.05, 4.69) is 109 Å². The summed E-state index contributed by atoms with van der Waals surface area (Å²) in [7, 11) is 0. The van der Waals surface area contributed by atoms with Crippen molar-refractivity contribution in [2.24, 2.45) is 5.73 Å². The third-order valence-corrected chi connectivity index (χ3v) is 9.84. The molecule has 0 spiro atoms. The topological polar surface area (TPSA) is 98.7 Å². The lowest BCUT2D eigenvalue weighted by Gasteiger charge is -2.34. The number of aromatic amines is 2. The number of unbranched alkanes of at least 4 members (excludes halogenated alkanes) is 1. The Hall–Kier alpha value is -3.68. The van der Waals surface area contributed by atoms with Gasteiger partial charge in [-0.15, -0.1) is 0 Å². The van der Waals surface area contributed by atoms with Gasteiger partial charge in [0.1, 0.15) is 11.6 Å². The fraction of sp³-hybridized carbons (Fsp3) is 0.459. The summed E-state index contributed by atoms with van der Waals surface area (Å²) in [4.78, 5) is 19.7. The maximum absolute atomic E-state index is 6.49. The molecule has 44 heavy (non-hydrogen) atoms. The summed E-state index contributed by atoms with van der Waals surface area (Å²) in [6.07, 6.45) is 7.70. The first-order chi connectivity index (χ1) is 21.3. The fourth-order valence-corrected chi connectivity index (χ4v) is 7.29. The zero-order valence-corrected chi connectivity index (χ0v) is 26.7. The highest BCUT2D eigenvalue weighted by molar-refractivity contribution is 5.78. The van der Waals surface area contributed by atoms with Crippen LogP contribution in [0.1, 0.15) is 125 Å². The molecule has 0 aliphatic carbocycles. The van der Waals surface area contributed by atoms with Crippen LogP contribution in [0.2, 0.25) is 0 Å². The Balaban J connectivity index is 1.24. The molecule has 4 heterocycles. The average Bonchev–Trinajstić information content (AvgIpc) is 3.83. The molecule has 3 unspecified atom stereocenters. The third kappa shape index (κ3) is 5.52. The van der Waals surface area contributed by atoms with E-state index >= 15 is 0 Å². The number of fused-ring (bicyclic) bond motifs is 2. The predicted octanol–water partition coefficient (Wildman–Crippen LogP) is 8.43. The first-order valence-electron chi connectivity index (χ1n) is 16.7. The molecule has 5 N–H and O–H groups in total. The van der Waals surface area contributed by atoms with Gasteiger partial charge in [0.05, 0.1) is 46.2 Å². The van der Waals surface area contributed by atoms with E-state index in [0.29, 0.717) is 6.04 Å². The number of nitrogens with two attached hydrogens (primary N) is 1. The van der Waals surface area contributed by atoms with Crippen molar-refractivity contribution in [3.63, 3.8) is 0 Å². The molecule has 7 heteroatoms. The monoisotopic (exact) mass is 589 g/mol. The standard InChI is InChI=1S/C37H47N7/c1-5-6-8-27(38)35-40-28-16-10-23(21-31(28)42-35)33-18-19-34(44(33)26-14-12-25(13-15-26)37(2,3)4)24-11-17-29-32(22-24)43-36(41-29)30-9-7-20-39-30/h10-17,21-22,27,30,33-34,39H,5-9,18-20,38H2,1-4H3,(H,40,42)(H,41,43)/t27-,30?,33?,34?/m0/s1. The van der Waals surface area contributed by atoms with Gasteiger partial charge < -0.3 is 25.9 Å². The van der Waals surface area contributed by atoms with Gasteiger partial charge in [0.15, 0.2) is 0 Å². The van der Waals surface area contributed by atoms with Crippen molar-refractivity contribution in [1.82, 2.24) is 25.3 Å². The van der Waals surface area contributed by atoms with Crippen molar-refractivity contribution in [2.45, 2.75) is 102 Å². The highest BCUT2D eigenvalue weighted by Gasteiger charge is 2.36. The quantitative estimate of drug-likeness (QED) is 0.146. The minimum atomic E-state index is -0.0538. The van der Waals surface area contributed by atoms with Gasteiger partial charge in [0.25, 0.3) is 0 Å². The summed E-state index contributed by atoms with van der Waals surface area (Å²) in [5.41, 5.74) is 16.1. The molecule has 7 rings (SSSR count). The fourth-order valence-electron chi connectivity index (χ4n) is 7.29. The van der Waals surface area contributed by atoms with Gasteiger partial charge in [0.2, 0.25) is 0 Å². The van der Waals surface area contributed by atoms with Gasteiger partial charge in [-0.25, -0.2) is 9.97 Å². The number of nitrogens with one attached hydrogen (secondary N) is 3. The summed E-state index contributed by atoms with van der Waals surface area (Å²) in [5, 5.41) is 3.58. The minimum absolute atomic E-state index is 0.0538. The van der Waals surface area contributed by atoms with Gasteiger partial charge in [-0.05, 0) is 97.2 Å². The molecule has 2 aliphatic heterocycles. The van der Waals surface area contributed by atoms with Crippen LogP contribution in [0.15, 0.2) is 60.7 Å². The molecule has 0 bridgehead atoms. The predicted molar refractivity (Wildman–Crippen MR) is 181 cm³/mol. The zero-order chi connectivity index (χ0) is 30.4. The van der Waals surface area contributed by atoms with Gasteiger partial charge in [-0.2, -0.15) is 0 Å². The van der Waals surface area contributed by atoms with Crippen molar-refractivity contribution in [1.29, 1.82) is 0 Å². The number of aromatic nitrogens is 4. The number of anilines is 1. The lowest BCUT2D eigenvalue weighted by molar-refractivity contribution is 0.581. The molecule has 2 aliphatic rings. The van der Waals surface area contributed by atoms with E-state index in [1.54, 1.807) is 0 Å². The summed E-state index contributed by atoms with van der Waals surface area (Å²) in [6.45, 7) is 10.1. The second kappa shape index (κ2) is 11.7. The summed E-state index contributed by atoms with van der Waals surface area (Å²) in [5.74, 6) is 1.96. The van der Waals surface area contributed by atoms with Crippen molar-refractivity contribution < 1.29 is 0 Å². The van der Waals surface area contributed by atoms with Crippen LogP contribution in [0.3, 0.4) is 0 Å². The molecule has 2 fully saturated rings. The molecule has 4 atom stereocenters. The van der Waals surface area contributed by atoms with Crippen LogP contribution in [-0.4, -0.2) is 26.5 Å². The first-order valence-corrected chi connectivity index (χ1v) is 16.7. The first kappa shape index (κ1) is 29.1. The second-order valence-corrected chi connectivity index (χ2v) is 14.0. The Kier molecular flexibility index (Phi) is 7.71. The van der Waals surface area contributed by atoms with E-state index in [1.165, 1.54) is 28.8 Å². The molecule has 5 aromatic rings. The van der Waals surface area contributed by atoms with Crippen molar-refractivity contribution in [3.05, 3.63) is 89.0 Å². The number of hydrogen-bond donors (Lipinski definition) is 4. The van der Waals surface area contributed by atoms with E-state index < -0.39 is 0 Å². The Bertz CT molecular complexity index is 1740. The van der Waals surface area contributed by atoms with Crippen molar-refractivity contribution in [3.8, 4) is 0 Å². The van der Waals surface area contributed by atoms with Crippen LogP contribution in [0.5, 0.6) is 0 Å². The van der Waals surface area contributed by atoms with Gasteiger partial charge in [-0.1, -0.05) is 64.8 Å². The number of benzene rings is 3. The summed E-state index contributed by atoms with van der Waals surface area (Å²) < 4.78 is 0. The van der Waals surface area contributed by atoms with Crippen molar-refractivity contribution in [2.75, 3.05) is 11.4 Å². The Morgan fingerprint density at radius 3 is 2.14 bits per heavy atom. The lowest BCUT2D eigenvalue weighted by atomic mass is 9.87. The molecule has 0 amide bonds. The highest BCUT2D eigenvalue weighted by atomic mass is 15.2. The van der Waals surface area contributed by atoms with Gasteiger partial charge in [0, 0.05) is 5.69 Å². The maximum atomic E-state index is 6.49. The van der Waals surface area contributed by atoms with Crippen LogP contribution in [0.4, 0.5) is 5.69 Å². The van der Waals surface area contributed by atoms with E-state index in [1.807, 2.05) is 0 Å². The second-order valence-electron chi connectivity index (χ2n) is 14.0. The Labute approximate surface area is 261 Å². The van der Waals surface area contributed by atoms with Crippen LogP contribution in [-0.2, 0) is 5.41 Å². The number of nitrogens with zero attached hydrogens (tertiary/aromatic N) is 3. The number of imidazole rings is 2. The number of rotatable bonds is 8. The van der Waals surface area contributed by atoms with E-state index in [-0.39, 0.29) is 23.5 Å². The molecule has 0 radical (unpaired) electrons. The van der Waals surface area contributed by atoms with E-state index in [4.69, 9.17) is 15.7 Å². The largest absolute Gasteiger partial charge is 0.357 e. The van der Waals surface area contributed by atoms with Gasteiger partial charge in [-0.3, -0.25) is 0 Å². The Morgan fingerprint density at radius 2 is 1.52 bits per heavy atom. The molecule has 230 valence electrons. The van der Waals surface area contributed by atoms with Crippen LogP contribution in [0, 0.1) is 0 Å². The normalized spacial score (nSPS) is 21.6. The average molecular weight is 590 g/mol. The smallest absolute Gasteiger partial charge is 0.124 e. The summed E-state index contributed by atoms with van der Waals surface area (Å²) in [6, 6.07) is 23.6. The van der Waals surface area contributed by atoms with Gasteiger partial charge >= 0.3 is 0 Å².